The molecule has 0 unspecified atom stereocenters. The Kier molecular flexibility index (Phi) is 6.76. The first-order chi connectivity index (χ1) is 15.1. The smallest absolute Gasteiger partial charge is 0.264 e. The maximum absolute atomic E-state index is 13.4. The number of carbonyl (C=O) groups is 1. The SMILES string of the molecule is CC[C@@H](C)N(Cc1c(-c2ccccc2)noc1N1CCC(C)CC1)C(=O)c1cccs1. The van der Waals surface area contributed by atoms with Crippen LogP contribution >= 0.6 is 11.3 Å². The Bertz CT molecular complexity index is 976. The Hall–Kier alpha value is -2.60. The molecule has 6 heteroatoms. The van der Waals surface area contributed by atoms with Crippen molar-refractivity contribution in [2.75, 3.05) is 18.0 Å². The van der Waals surface area contributed by atoms with Crippen LogP contribution in [0.15, 0.2) is 52.4 Å². The molecule has 2 aromatic heterocycles. The van der Waals surface area contributed by atoms with Gasteiger partial charge in [-0.25, -0.2) is 0 Å². The summed E-state index contributed by atoms with van der Waals surface area (Å²) in [4.78, 5) is 18.4. The van der Waals surface area contributed by atoms with Crippen molar-refractivity contribution in [1.82, 2.24) is 10.1 Å². The number of nitrogens with zero attached hydrogens (tertiary/aromatic N) is 3. The molecule has 0 spiro atoms. The van der Waals surface area contributed by atoms with Gasteiger partial charge in [0.25, 0.3) is 5.91 Å². The van der Waals surface area contributed by atoms with Gasteiger partial charge in [0.15, 0.2) is 0 Å². The number of amides is 1. The maximum Gasteiger partial charge on any atom is 0.264 e. The van der Waals surface area contributed by atoms with Crippen LogP contribution < -0.4 is 4.90 Å². The van der Waals surface area contributed by atoms with Gasteiger partial charge in [0.05, 0.1) is 17.0 Å². The van der Waals surface area contributed by atoms with Crippen LogP contribution in [-0.4, -0.2) is 35.1 Å². The monoisotopic (exact) mass is 437 g/mol. The number of carbonyl (C=O) groups excluding carboxylic acids is 1. The molecule has 5 nitrogen and oxygen atoms in total. The molecule has 1 aliphatic rings. The van der Waals surface area contributed by atoms with Crippen molar-refractivity contribution in [3.05, 3.63) is 58.3 Å². The highest BCUT2D eigenvalue weighted by molar-refractivity contribution is 7.12. The minimum absolute atomic E-state index is 0.0720. The van der Waals surface area contributed by atoms with Crippen LogP contribution in [0.25, 0.3) is 11.3 Å². The van der Waals surface area contributed by atoms with Crippen molar-refractivity contribution in [2.45, 2.75) is 52.6 Å². The number of aromatic nitrogens is 1. The van der Waals surface area contributed by atoms with Gasteiger partial charge in [0.2, 0.25) is 5.88 Å². The van der Waals surface area contributed by atoms with E-state index in [1.807, 2.05) is 40.6 Å². The van der Waals surface area contributed by atoms with Crippen molar-refractivity contribution in [2.24, 2.45) is 5.92 Å². The van der Waals surface area contributed by atoms with Crippen molar-refractivity contribution in [3.8, 4) is 11.3 Å². The molecule has 0 radical (unpaired) electrons. The van der Waals surface area contributed by atoms with Crippen molar-refractivity contribution in [3.63, 3.8) is 0 Å². The van der Waals surface area contributed by atoms with Gasteiger partial charge in [-0.2, -0.15) is 0 Å². The van der Waals surface area contributed by atoms with Crippen LogP contribution in [0.2, 0.25) is 0 Å². The Morgan fingerprint density at radius 1 is 1.23 bits per heavy atom. The number of rotatable bonds is 7. The molecule has 4 rings (SSSR count). The van der Waals surface area contributed by atoms with Crippen LogP contribution in [0.5, 0.6) is 0 Å². The Labute approximate surface area is 188 Å². The van der Waals surface area contributed by atoms with Crippen LogP contribution in [0.1, 0.15) is 55.3 Å². The highest BCUT2D eigenvalue weighted by atomic mass is 32.1. The summed E-state index contributed by atoms with van der Waals surface area (Å²) < 4.78 is 5.95. The maximum atomic E-state index is 13.4. The fourth-order valence-corrected chi connectivity index (χ4v) is 4.77. The third-order valence-electron chi connectivity index (χ3n) is 6.33. The van der Waals surface area contributed by atoms with E-state index in [0.717, 1.165) is 65.9 Å². The first-order valence-corrected chi connectivity index (χ1v) is 12.1. The predicted molar refractivity (Wildman–Crippen MR) is 126 cm³/mol. The molecular formula is C25H31N3O2S. The third kappa shape index (κ3) is 4.69. The second-order valence-corrected chi connectivity index (χ2v) is 9.47. The van der Waals surface area contributed by atoms with Crippen molar-refractivity contribution in [1.29, 1.82) is 0 Å². The number of hydrogen-bond acceptors (Lipinski definition) is 5. The van der Waals surface area contributed by atoms with Gasteiger partial charge in [0, 0.05) is 24.7 Å². The quantitative estimate of drug-likeness (QED) is 0.449. The van der Waals surface area contributed by atoms with E-state index in [9.17, 15) is 4.79 Å². The van der Waals surface area contributed by atoms with Gasteiger partial charge in [-0.1, -0.05) is 55.4 Å². The van der Waals surface area contributed by atoms with E-state index in [4.69, 9.17) is 4.52 Å². The zero-order valence-electron chi connectivity index (χ0n) is 18.6. The average Bonchev–Trinajstić information content (AvgIpc) is 3.48. The summed E-state index contributed by atoms with van der Waals surface area (Å²) in [7, 11) is 0. The van der Waals surface area contributed by atoms with E-state index in [1.54, 1.807) is 0 Å². The van der Waals surface area contributed by atoms with Gasteiger partial charge < -0.3 is 14.3 Å². The largest absolute Gasteiger partial charge is 0.340 e. The second kappa shape index (κ2) is 9.69. The van der Waals surface area contributed by atoms with Crippen LogP contribution in [0, 0.1) is 5.92 Å². The molecule has 164 valence electrons. The number of hydrogen-bond donors (Lipinski definition) is 0. The molecule has 3 aromatic rings. The Balaban J connectivity index is 1.73. The van der Waals surface area contributed by atoms with E-state index in [-0.39, 0.29) is 11.9 Å². The van der Waals surface area contributed by atoms with Crippen molar-refractivity contribution >= 4 is 23.1 Å². The molecule has 1 atom stereocenters. The van der Waals surface area contributed by atoms with Gasteiger partial charge in [0.1, 0.15) is 5.69 Å². The summed E-state index contributed by atoms with van der Waals surface area (Å²) >= 11 is 1.49. The Morgan fingerprint density at radius 2 is 1.97 bits per heavy atom. The first-order valence-electron chi connectivity index (χ1n) is 11.2. The Morgan fingerprint density at radius 3 is 2.61 bits per heavy atom. The molecule has 1 amide bonds. The van der Waals surface area contributed by atoms with Crippen LogP contribution in [-0.2, 0) is 6.54 Å². The lowest BCUT2D eigenvalue weighted by atomic mass is 9.98. The summed E-state index contributed by atoms with van der Waals surface area (Å²) in [5.74, 6) is 1.62. The minimum Gasteiger partial charge on any atom is -0.340 e. The summed E-state index contributed by atoms with van der Waals surface area (Å²) in [5.41, 5.74) is 2.86. The molecule has 0 aliphatic carbocycles. The zero-order chi connectivity index (χ0) is 21.8. The second-order valence-electron chi connectivity index (χ2n) is 8.52. The number of anilines is 1. The summed E-state index contributed by atoms with van der Waals surface area (Å²) in [5, 5.41) is 6.44. The summed E-state index contributed by atoms with van der Waals surface area (Å²) in [6.07, 6.45) is 3.17. The lowest BCUT2D eigenvalue weighted by Gasteiger charge is -2.32. The summed E-state index contributed by atoms with van der Waals surface area (Å²) in [6.45, 7) is 8.94. The topological polar surface area (TPSA) is 49.6 Å². The number of thiophene rings is 1. The van der Waals surface area contributed by atoms with Crippen LogP contribution in [0.3, 0.4) is 0 Å². The molecule has 1 aromatic carbocycles. The predicted octanol–water partition coefficient (Wildman–Crippen LogP) is 6.08. The molecule has 0 bridgehead atoms. The third-order valence-corrected chi connectivity index (χ3v) is 7.19. The standard InChI is InChI=1S/C25H31N3O2S/c1-4-19(3)28(24(29)22-11-8-16-31-22)17-21-23(20-9-6-5-7-10-20)26-30-25(21)27-14-12-18(2)13-15-27/h5-11,16,18-19H,4,12-15,17H2,1-3H3/t19-/m1/s1. The van der Waals surface area contributed by atoms with Gasteiger partial charge in [-0.3, -0.25) is 4.79 Å². The van der Waals surface area contributed by atoms with E-state index in [2.05, 4.69) is 43.0 Å². The van der Waals surface area contributed by atoms with E-state index in [0.29, 0.717) is 6.54 Å². The van der Waals surface area contributed by atoms with E-state index < -0.39 is 0 Å². The molecule has 3 heterocycles. The molecule has 31 heavy (non-hydrogen) atoms. The van der Waals surface area contributed by atoms with Gasteiger partial charge in [-0.05, 0) is 43.6 Å². The highest BCUT2D eigenvalue weighted by Crippen LogP contribution is 2.35. The van der Waals surface area contributed by atoms with Gasteiger partial charge in [-0.15, -0.1) is 11.3 Å². The van der Waals surface area contributed by atoms with E-state index >= 15 is 0 Å². The number of benzene rings is 1. The molecule has 0 N–H and O–H groups in total. The minimum atomic E-state index is 0.0720. The number of piperidine rings is 1. The fraction of sp³-hybridized carbons (Fsp3) is 0.440. The highest BCUT2D eigenvalue weighted by Gasteiger charge is 2.30. The molecular weight excluding hydrogens is 406 g/mol. The first kappa shape index (κ1) is 21.6. The average molecular weight is 438 g/mol. The molecule has 1 fully saturated rings. The van der Waals surface area contributed by atoms with E-state index in [1.165, 1.54) is 11.3 Å². The molecule has 1 aliphatic heterocycles. The normalized spacial score (nSPS) is 15.8. The zero-order valence-corrected chi connectivity index (χ0v) is 19.4. The lowest BCUT2D eigenvalue weighted by molar-refractivity contribution is 0.0677. The van der Waals surface area contributed by atoms with Crippen LogP contribution in [0.4, 0.5) is 5.88 Å². The summed E-state index contributed by atoms with van der Waals surface area (Å²) in [6, 6.07) is 14.1. The van der Waals surface area contributed by atoms with Gasteiger partial charge >= 0.3 is 0 Å². The molecule has 0 saturated carbocycles. The molecule has 1 saturated heterocycles. The fourth-order valence-electron chi connectivity index (χ4n) is 4.09. The van der Waals surface area contributed by atoms with Crippen molar-refractivity contribution < 1.29 is 9.32 Å². The lowest BCUT2D eigenvalue weighted by Crippen LogP contribution is -2.38.